The molecule has 0 aromatic heterocycles. The van der Waals surface area contributed by atoms with Gasteiger partial charge < -0.3 is 4.74 Å². The molecule has 0 saturated carbocycles. The van der Waals surface area contributed by atoms with Gasteiger partial charge in [-0.25, -0.2) is 4.39 Å². The van der Waals surface area contributed by atoms with Crippen molar-refractivity contribution in [3.8, 4) is 0 Å². The van der Waals surface area contributed by atoms with Gasteiger partial charge in [0.15, 0.2) is 0 Å². The van der Waals surface area contributed by atoms with Crippen LogP contribution in [0.5, 0.6) is 0 Å². The lowest BCUT2D eigenvalue weighted by Crippen LogP contribution is -2.40. The molecule has 0 aliphatic carbocycles. The Morgan fingerprint density at radius 3 is 2.67 bits per heavy atom. The largest absolute Gasteiger partial charge is 0.464 e. The summed E-state index contributed by atoms with van der Waals surface area (Å²) in [7, 11) is 0. The van der Waals surface area contributed by atoms with E-state index in [-0.39, 0.29) is 17.8 Å². The Morgan fingerprint density at radius 2 is 1.95 bits per heavy atom. The molecule has 0 radical (unpaired) electrons. The molecule has 0 unspecified atom stereocenters. The van der Waals surface area contributed by atoms with Crippen LogP contribution in [0.4, 0.5) is 4.39 Å². The number of carbonyl (C=O) groups is 1. The number of ether oxygens (including phenoxy) is 1. The van der Waals surface area contributed by atoms with Crippen LogP contribution in [-0.2, 0) is 16.1 Å². The highest BCUT2D eigenvalue weighted by atomic mass is 19.1. The van der Waals surface area contributed by atoms with E-state index in [9.17, 15) is 9.18 Å². The second-order valence-corrected chi connectivity index (χ2v) is 5.76. The van der Waals surface area contributed by atoms with Gasteiger partial charge in [-0.15, -0.1) is 0 Å². The molecule has 2 saturated heterocycles. The Hall–Kier alpha value is -1.46. The highest BCUT2D eigenvalue weighted by molar-refractivity contribution is 5.77. The van der Waals surface area contributed by atoms with Gasteiger partial charge >= 0.3 is 5.97 Å². The van der Waals surface area contributed by atoms with Crippen molar-refractivity contribution in [1.29, 1.82) is 0 Å². The topological polar surface area (TPSA) is 32.8 Å². The summed E-state index contributed by atoms with van der Waals surface area (Å²) >= 11 is 0. The first-order chi connectivity index (χ1) is 10.2. The van der Waals surface area contributed by atoms with Crippen LogP contribution >= 0.6 is 0 Å². The molecule has 4 nitrogen and oxygen atoms in total. The number of nitrogens with zero attached hydrogens (tertiary/aromatic N) is 2. The van der Waals surface area contributed by atoms with Crippen molar-refractivity contribution in [3.05, 3.63) is 35.6 Å². The summed E-state index contributed by atoms with van der Waals surface area (Å²) in [6.45, 7) is 5.17. The number of halogens is 1. The summed E-state index contributed by atoms with van der Waals surface area (Å²) in [5, 5.41) is 0. The van der Waals surface area contributed by atoms with Crippen molar-refractivity contribution in [2.24, 2.45) is 0 Å². The molecule has 1 aromatic carbocycles. The van der Waals surface area contributed by atoms with Crippen molar-refractivity contribution >= 4 is 5.97 Å². The van der Waals surface area contributed by atoms with Gasteiger partial charge in [-0.3, -0.25) is 14.6 Å². The highest BCUT2D eigenvalue weighted by Crippen LogP contribution is 2.17. The van der Waals surface area contributed by atoms with Crippen LogP contribution in [0, 0.1) is 5.82 Å². The molecule has 0 amide bonds. The summed E-state index contributed by atoms with van der Waals surface area (Å²) in [4.78, 5) is 16.3. The number of esters is 1. The van der Waals surface area contributed by atoms with Crippen molar-refractivity contribution in [2.45, 2.75) is 25.4 Å². The number of hydrogen-bond donors (Lipinski definition) is 0. The number of cyclic esters (lactones) is 1. The van der Waals surface area contributed by atoms with E-state index in [2.05, 4.69) is 9.80 Å². The third-order valence-electron chi connectivity index (χ3n) is 4.29. The van der Waals surface area contributed by atoms with Gasteiger partial charge in [0.2, 0.25) is 0 Å². The van der Waals surface area contributed by atoms with Crippen LogP contribution in [0.15, 0.2) is 24.3 Å². The Morgan fingerprint density at radius 1 is 1.14 bits per heavy atom. The molecule has 0 N–H and O–H groups in total. The third-order valence-corrected chi connectivity index (χ3v) is 4.29. The first-order valence-corrected chi connectivity index (χ1v) is 7.60. The second-order valence-electron chi connectivity index (χ2n) is 5.76. The molecule has 1 aromatic rings. The summed E-state index contributed by atoms with van der Waals surface area (Å²) in [5.41, 5.74) is 1.13. The molecule has 21 heavy (non-hydrogen) atoms. The predicted octanol–water partition coefficient (Wildman–Crippen LogP) is 1.65. The number of carbonyl (C=O) groups excluding carboxylic acids is 1. The molecule has 3 rings (SSSR count). The summed E-state index contributed by atoms with van der Waals surface area (Å²) in [6.07, 6.45) is 1.86. The van der Waals surface area contributed by atoms with E-state index in [1.165, 1.54) is 12.1 Å². The zero-order valence-corrected chi connectivity index (χ0v) is 12.1. The molecule has 114 valence electrons. The van der Waals surface area contributed by atoms with E-state index in [4.69, 9.17) is 4.74 Å². The van der Waals surface area contributed by atoms with Gasteiger partial charge in [0.25, 0.3) is 0 Å². The fourth-order valence-electron chi connectivity index (χ4n) is 3.13. The predicted molar refractivity (Wildman–Crippen MR) is 77.2 cm³/mol. The summed E-state index contributed by atoms with van der Waals surface area (Å²) in [6, 6.07) is 6.65. The minimum atomic E-state index is -0.194. The molecular formula is C16H21FN2O2. The van der Waals surface area contributed by atoms with Crippen molar-refractivity contribution in [1.82, 2.24) is 9.80 Å². The molecule has 5 heteroatoms. The fourth-order valence-corrected chi connectivity index (χ4v) is 3.13. The van der Waals surface area contributed by atoms with Crippen LogP contribution in [0.25, 0.3) is 0 Å². The van der Waals surface area contributed by atoms with Crippen LogP contribution in [0.1, 0.15) is 18.4 Å². The number of benzene rings is 1. The van der Waals surface area contributed by atoms with E-state index in [0.717, 1.165) is 51.1 Å². The van der Waals surface area contributed by atoms with E-state index in [1.807, 2.05) is 12.1 Å². The Balaban J connectivity index is 1.55. The highest BCUT2D eigenvalue weighted by Gasteiger charge is 2.32. The van der Waals surface area contributed by atoms with E-state index >= 15 is 0 Å². The van der Waals surface area contributed by atoms with Crippen LogP contribution in [0.3, 0.4) is 0 Å². The summed E-state index contributed by atoms with van der Waals surface area (Å²) in [5.74, 6) is -0.262. The van der Waals surface area contributed by atoms with Gasteiger partial charge in [-0.1, -0.05) is 12.1 Å². The van der Waals surface area contributed by atoms with Gasteiger partial charge in [0.1, 0.15) is 11.9 Å². The lowest BCUT2D eigenvalue weighted by Gasteiger charge is -2.24. The Labute approximate surface area is 124 Å². The van der Waals surface area contributed by atoms with Gasteiger partial charge in [-0.05, 0) is 30.7 Å². The number of hydrogen-bond acceptors (Lipinski definition) is 4. The lowest BCUT2D eigenvalue weighted by molar-refractivity contribution is -0.142. The molecule has 2 aliphatic heterocycles. The van der Waals surface area contributed by atoms with Gasteiger partial charge in [0.05, 0.1) is 6.61 Å². The van der Waals surface area contributed by atoms with Crippen molar-refractivity contribution in [2.75, 3.05) is 32.8 Å². The molecule has 1 atom stereocenters. The van der Waals surface area contributed by atoms with Crippen LogP contribution in [-0.4, -0.2) is 54.6 Å². The second kappa shape index (κ2) is 6.54. The Bertz CT molecular complexity index is 492. The smallest absolute Gasteiger partial charge is 0.323 e. The molecule has 0 spiro atoms. The van der Waals surface area contributed by atoms with Crippen molar-refractivity contribution < 1.29 is 13.9 Å². The maximum atomic E-state index is 12.9. The normalized spacial score (nSPS) is 24.8. The summed E-state index contributed by atoms with van der Waals surface area (Å²) < 4.78 is 18.0. The first-order valence-electron chi connectivity index (χ1n) is 7.60. The van der Waals surface area contributed by atoms with Gasteiger partial charge in [0, 0.05) is 32.6 Å². The van der Waals surface area contributed by atoms with E-state index < -0.39 is 0 Å². The quantitative estimate of drug-likeness (QED) is 0.793. The standard InChI is InChI=1S/C16H21FN2O2/c17-14-4-2-13(3-5-14)12-18-7-1-8-19(10-9-18)15-6-11-21-16(15)20/h2-5,15H,1,6-12H2/t15-/m1/s1. The number of rotatable bonds is 3. The van der Waals surface area contributed by atoms with E-state index in [0.29, 0.717) is 6.61 Å². The lowest BCUT2D eigenvalue weighted by atomic mass is 10.2. The zero-order chi connectivity index (χ0) is 14.7. The van der Waals surface area contributed by atoms with Crippen LogP contribution in [0.2, 0.25) is 0 Å². The molecule has 0 bridgehead atoms. The first kappa shape index (κ1) is 14.5. The monoisotopic (exact) mass is 292 g/mol. The van der Waals surface area contributed by atoms with Gasteiger partial charge in [-0.2, -0.15) is 0 Å². The minimum Gasteiger partial charge on any atom is -0.464 e. The minimum absolute atomic E-state index is 0.0456. The molecule has 2 heterocycles. The fraction of sp³-hybridized carbons (Fsp3) is 0.562. The van der Waals surface area contributed by atoms with E-state index in [1.54, 1.807) is 0 Å². The molecule has 2 aliphatic rings. The molecule has 2 fully saturated rings. The zero-order valence-electron chi connectivity index (χ0n) is 12.1. The SMILES string of the molecule is O=C1OCC[C@H]1N1CCCN(Cc2ccc(F)cc2)CC1. The molecular weight excluding hydrogens is 271 g/mol. The average molecular weight is 292 g/mol. The van der Waals surface area contributed by atoms with Crippen LogP contribution < -0.4 is 0 Å². The Kier molecular flexibility index (Phi) is 4.51. The third kappa shape index (κ3) is 3.60. The maximum Gasteiger partial charge on any atom is 0.323 e. The van der Waals surface area contributed by atoms with Crippen molar-refractivity contribution in [3.63, 3.8) is 0 Å². The maximum absolute atomic E-state index is 12.9. The average Bonchev–Trinajstić information content (AvgIpc) is 2.77.